The van der Waals surface area contributed by atoms with Gasteiger partial charge in [-0.1, -0.05) is 37.6 Å². The van der Waals surface area contributed by atoms with Crippen LogP contribution in [0.1, 0.15) is 26.2 Å². The zero-order chi connectivity index (χ0) is 10.6. The molecule has 0 radical (unpaired) electrons. The quantitative estimate of drug-likeness (QED) is 0.366. The normalized spacial score (nSPS) is 20.1. The summed E-state index contributed by atoms with van der Waals surface area (Å²) in [5.41, 5.74) is 0. The van der Waals surface area contributed by atoms with Gasteiger partial charge in [-0.2, -0.15) is 17.3 Å². The van der Waals surface area contributed by atoms with E-state index in [9.17, 15) is 0 Å². The van der Waals surface area contributed by atoms with Crippen LogP contribution in [0.5, 0.6) is 0 Å². The van der Waals surface area contributed by atoms with Crippen LogP contribution in [0.4, 0.5) is 0 Å². The Hall–Kier alpha value is 0.631. The van der Waals surface area contributed by atoms with Gasteiger partial charge in [0.15, 0.2) is 0 Å². The topological polar surface area (TPSA) is 0 Å². The van der Waals surface area contributed by atoms with Crippen molar-refractivity contribution in [2.24, 2.45) is 0 Å². The molecule has 1 unspecified atom stereocenters. The number of rotatable bonds is 4. The van der Waals surface area contributed by atoms with Gasteiger partial charge in [-0.15, -0.1) is 0 Å². The molecule has 1 aromatic carbocycles. The molecule has 1 aliphatic rings. The van der Waals surface area contributed by atoms with Crippen LogP contribution in [0.25, 0.3) is 0 Å². The van der Waals surface area contributed by atoms with Crippen molar-refractivity contribution in [1.29, 1.82) is 0 Å². The molecular weight excluding hydrogens is 350 g/mol. The van der Waals surface area contributed by atoms with Gasteiger partial charge in [-0.3, -0.25) is 0 Å². The monoisotopic (exact) mass is 368 g/mol. The van der Waals surface area contributed by atoms with E-state index in [4.69, 9.17) is 0 Å². The van der Waals surface area contributed by atoms with E-state index in [2.05, 4.69) is 55.5 Å². The Morgan fingerprint density at radius 2 is 1.74 bits per heavy atom. The third-order valence-corrected chi connectivity index (χ3v) is 5.72. The Morgan fingerprint density at radius 3 is 2.21 bits per heavy atom. The fourth-order valence-electron chi connectivity index (χ4n) is 2.55. The summed E-state index contributed by atoms with van der Waals surface area (Å²) < 4.78 is 0. The summed E-state index contributed by atoms with van der Waals surface area (Å²) in [6.07, 6.45) is 13.1. The minimum absolute atomic E-state index is 0. The first kappa shape index (κ1) is 24.6. The standard InChI is InChI=1S/C14H19Si.3ClH.Ti/c1-2-10-14(11-6-3-7-12-14)15-13-8-4-5-9-13;;;;/h3-9,11H,2,10,12,15H2,1H3;3*1H;/q-1;;;;+4/p-3. The molecule has 0 aliphatic heterocycles. The van der Waals surface area contributed by atoms with E-state index < -0.39 is 0 Å². The third kappa shape index (κ3) is 7.27. The average molecular weight is 370 g/mol. The minimum atomic E-state index is -0.171. The predicted molar refractivity (Wildman–Crippen MR) is 70.7 cm³/mol. The summed E-state index contributed by atoms with van der Waals surface area (Å²) >= 11 is 0. The summed E-state index contributed by atoms with van der Waals surface area (Å²) in [6, 6.07) is 8.94. The number of hydrogen-bond donors (Lipinski definition) is 0. The third-order valence-electron chi connectivity index (χ3n) is 3.26. The van der Waals surface area contributed by atoms with E-state index in [-0.39, 0.29) is 68.5 Å². The average Bonchev–Trinajstić information content (AvgIpc) is 2.72. The Balaban J connectivity index is -0.000000640. The maximum Gasteiger partial charge on any atom is 4.00 e. The van der Waals surface area contributed by atoms with Gasteiger partial charge in [0.2, 0.25) is 0 Å². The van der Waals surface area contributed by atoms with E-state index in [1.807, 2.05) is 0 Å². The van der Waals surface area contributed by atoms with E-state index in [0.717, 1.165) is 0 Å². The fraction of sp³-hybridized carbons (Fsp3) is 0.357. The van der Waals surface area contributed by atoms with Crippen molar-refractivity contribution >= 4 is 14.7 Å². The van der Waals surface area contributed by atoms with Crippen LogP contribution in [0.3, 0.4) is 0 Å². The SMILES string of the molecule is CCCC1([SiH2][c-]2cccc2)C=CC=CC1.[Cl-].[Cl-].[Cl-].[Ti+4]. The largest absolute Gasteiger partial charge is 4.00 e. The number of hydrogen-bond acceptors (Lipinski definition) is 0. The predicted octanol–water partition coefficient (Wildman–Crippen LogP) is -6.32. The molecule has 0 aromatic heterocycles. The van der Waals surface area contributed by atoms with Crippen molar-refractivity contribution in [2.75, 3.05) is 0 Å². The summed E-state index contributed by atoms with van der Waals surface area (Å²) in [5.74, 6) is 0. The summed E-state index contributed by atoms with van der Waals surface area (Å²) in [5, 5.41) is 2.14. The van der Waals surface area contributed by atoms with Crippen LogP contribution in [0.15, 0.2) is 48.6 Å². The molecule has 0 heterocycles. The van der Waals surface area contributed by atoms with E-state index >= 15 is 0 Å². The fourth-order valence-corrected chi connectivity index (χ4v) is 4.97. The zero-order valence-corrected chi connectivity index (χ0v) is 16.3. The second-order valence-electron chi connectivity index (χ2n) is 4.57. The second-order valence-corrected chi connectivity index (χ2v) is 7.15. The Morgan fingerprint density at radius 1 is 1.11 bits per heavy atom. The summed E-state index contributed by atoms with van der Waals surface area (Å²) in [6.45, 7) is 2.30. The first-order valence-electron chi connectivity index (χ1n) is 5.90. The Kier molecular flexibility index (Phi) is 16.0. The van der Waals surface area contributed by atoms with Crippen LogP contribution in [0, 0.1) is 0 Å². The molecule has 2 rings (SSSR count). The maximum absolute atomic E-state index is 2.47. The molecule has 0 spiro atoms. The van der Waals surface area contributed by atoms with Gasteiger partial charge in [-0.05, 0) is 17.9 Å². The van der Waals surface area contributed by atoms with Gasteiger partial charge in [0.05, 0.1) is 0 Å². The smallest absolute Gasteiger partial charge is 1.00 e. The molecule has 0 fully saturated rings. The molecule has 5 heteroatoms. The van der Waals surface area contributed by atoms with Crippen molar-refractivity contribution in [3.63, 3.8) is 0 Å². The number of allylic oxidation sites excluding steroid dienone is 4. The van der Waals surface area contributed by atoms with Crippen LogP contribution < -0.4 is 42.4 Å². The molecule has 0 bridgehead atoms. The van der Waals surface area contributed by atoms with Crippen molar-refractivity contribution < 1.29 is 58.9 Å². The molecule has 0 saturated heterocycles. The van der Waals surface area contributed by atoms with E-state index in [0.29, 0.717) is 5.04 Å². The van der Waals surface area contributed by atoms with Crippen LogP contribution in [-0.4, -0.2) is 9.52 Å². The van der Waals surface area contributed by atoms with Gasteiger partial charge >= 0.3 is 21.7 Å². The van der Waals surface area contributed by atoms with Crippen molar-refractivity contribution in [3.8, 4) is 0 Å². The van der Waals surface area contributed by atoms with Crippen molar-refractivity contribution in [2.45, 2.75) is 31.2 Å². The van der Waals surface area contributed by atoms with Crippen LogP contribution in [0.2, 0.25) is 5.04 Å². The molecular formula is C14H19Cl3SiTi. The van der Waals surface area contributed by atoms with Crippen molar-refractivity contribution in [3.05, 3.63) is 48.6 Å². The molecule has 0 amide bonds. The Bertz CT molecular complexity index is 363. The summed E-state index contributed by atoms with van der Waals surface area (Å²) in [7, 11) is -0.171. The molecule has 1 aromatic rings. The first-order chi connectivity index (χ1) is 7.35. The first-order valence-corrected chi connectivity index (χ1v) is 7.31. The number of halogens is 3. The van der Waals surface area contributed by atoms with Gasteiger partial charge in [0.1, 0.15) is 0 Å². The van der Waals surface area contributed by atoms with Crippen LogP contribution in [-0.2, 0) is 21.7 Å². The molecule has 0 N–H and O–H groups in total. The van der Waals surface area contributed by atoms with Crippen molar-refractivity contribution in [1.82, 2.24) is 0 Å². The molecule has 0 nitrogen and oxygen atoms in total. The Labute approximate surface area is 152 Å². The van der Waals surface area contributed by atoms with Crippen LogP contribution >= 0.6 is 0 Å². The molecule has 0 saturated carbocycles. The van der Waals surface area contributed by atoms with E-state index in [1.165, 1.54) is 19.3 Å². The van der Waals surface area contributed by atoms with Gasteiger partial charge in [0, 0.05) is 9.52 Å². The molecule has 1 aliphatic carbocycles. The van der Waals surface area contributed by atoms with Gasteiger partial charge in [0.25, 0.3) is 0 Å². The van der Waals surface area contributed by atoms with E-state index in [1.54, 1.807) is 5.19 Å². The van der Waals surface area contributed by atoms with Gasteiger partial charge < -0.3 is 37.2 Å². The minimum Gasteiger partial charge on any atom is -1.00 e. The second kappa shape index (κ2) is 12.4. The zero-order valence-electron chi connectivity index (χ0n) is 11.1. The summed E-state index contributed by atoms with van der Waals surface area (Å²) in [4.78, 5) is 0. The maximum atomic E-state index is 2.47. The molecule has 1 atom stereocenters. The van der Waals surface area contributed by atoms with Gasteiger partial charge in [-0.25, -0.2) is 12.1 Å². The molecule has 19 heavy (non-hydrogen) atoms. The molecule has 104 valence electrons.